The van der Waals surface area contributed by atoms with Gasteiger partial charge in [-0.25, -0.2) is 0 Å². The number of hydrogen-bond donors (Lipinski definition) is 1. The molecule has 3 nitrogen and oxygen atoms in total. The Morgan fingerprint density at radius 2 is 1.41 bits per heavy atom. The fraction of sp³-hybridized carbons (Fsp3) is 0.261. The predicted octanol–water partition coefficient (Wildman–Crippen LogP) is 3.96. The molecular formula is C23H26BNO2. The molecule has 1 heterocycles. The van der Waals surface area contributed by atoms with E-state index >= 15 is 0 Å². The van der Waals surface area contributed by atoms with E-state index in [1.165, 1.54) is 0 Å². The van der Waals surface area contributed by atoms with Crippen LogP contribution in [0.25, 0.3) is 22.4 Å². The third-order valence-electron chi connectivity index (χ3n) is 5.20. The standard InChI is InChI=1S/C23H26BNO2/c1-22(2,26)23(3,4)27-24-20-16-25-21(18-13-9-6-10-14-18)15-19(20)17-11-7-5-8-12-17/h5-16,24,26H,1-4H3. The molecule has 27 heavy (non-hydrogen) atoms. The highest BCUT2D eigenvalue weighted by Crippen LogP contribution is 2.26. The number of aliphatic hydroxyl groups is 1. The van der Waals surface area contributed by atoms with Crippen LogP contribution >= 0.6 is 0 Å². The smallest absolute Gasteiger partial charge is 0.311 e. The zero-order valence-corrected chi connectivity index (χ0v) is 16.4. The molecule has 4 heteroatoms. The van der Waals surface area contributed by atoms with Crippen LogP contribution in [0.4, 0.5) is 0 Å². The van der Waals surface area contributed by atoms with E-state index in [0.717, 1.165) is 27.8 Å². The van der Waals surface area contributed by atoms with Gasteiger partial charge < -0.3 is 9.76 Å². The third kappa shape index (κ3) is 4.47. The summed E-state index contributed by atoms with van der Waals surface area (Å²) < 4.78 is 6.10. The summed E-state index contributed by atoms with van der Waals surface area (Å²) >= 11 is 0. The van der Waals surface area contributed by atoms with Crippen molar-refractivity contribution in [2.45, 2.75) is 38.9 Å². The molecular weight excluding hydrogens is 333 g/mol. The maximum Gasteiger partial charge on any atom is 0.311 e. The number of pyridine rings is 1. The first-order valence-corrected chi connectivity index (χ1v) is 9.24. The van der Waals surface area contributed by atoms with Crippen LogP contribution in [-0.4, -0.2) is 28.8 Å². The summed E-state index contributed by atoms with van der Waals surface area (Å²) in [6.07, 6.45) is 1.88. The number of rotatable bonds is 6. The molecule has 0 bridgehead atoms. The van der Waals surface area contributed by atoms with Crippen LogP contribution in [0.3, 0.4) is 0 Å². The van der Waals surface area contributed by atoms with Crippen molar-refractivity contribution >= 4 is 12.9 Å². The second-order valence-corrected chi connectivity index (χ2v) is 7.82. The molecule has 0 radical (unpaired) electrons. The van der Waals surface area contributed by atoms with E-state index in [9.17, 15) is 5.11 Å². The summed E-state index contributed by atoms with van der Waals surface area (Å²) in [6, 6.07) is 22.5. The van der Waals surface area contributed by atoms with Gasteiger partial charge in [0.25, 0.3) is 0 Å². The lowest BCUT2D eigenvalue weighted by Gasteiger charge is -2.37. The molecule has 0 aliphatic heterocycles. The van der Waals surface area contributed by atoms with E-state index in [-0.39, 0.29) is 0 Å². The van der Waals surface area contributed by atoms with Gasteiger partial charge in [-0.05, 0) is 50.4 Å². The van der Waals surface area contributed by atoms with Crippen LogP contribution in [0.5, 0.6) is 0 Å². The normalized spacial score (nSPS) is 12.0. The number of hydrogen-bond acceptors (Lipinski definition) is 3. The molecule has 0 saturated carbocycles. The lowest BCUT2D eigenvalue weighted by molar-refractivity contribution is -0.0893. The molecule has 0 aliphatic carbocycles. The van der Waals surface area contributed by atoms with Crippen molar-refractivity contribution in [3.05, 3.63) is 72.9 Å². The highest BCUT2D eigenvalue weighted by molar-refractivity contribution is 6.49. The molecule has 1 aromatic heterocycles. The first kappa shape index (κ1) is 19.3. The van der Waals surface area contributed by atoms with Crippen LogP contribution in [0.2, 0.25) is 0 Å². The van der Waals surface area contributed by atoms with E-state index in [1.54, 1.807) is 13.8 Å². The van der Waals surface area contributed by atoms with Gasteiger partial charge in [-0.3, -0.25) is 4.98 Å². The minimum Gasteiger partial charge on any atom is -0.427 e. The van der Waals surface area contributed by atoms with Crippen LogP contribution in [-0.2, 0) is 4.65 Å². The van der Waals surface area contributed by atoms with Crippen LogP contribution in [0, 0.1) is 0 Å². The zero-order valence-electron chi connectivity index (χ0n) is 16.4. The van der Waals surface area contributed by atoms with Crippen molar-refractivity contribution in [2.75, 3.05) is 0 Å². The first-order valence-electron chi connectivity index (χ1n) is 9.24. The Labute approximate surface area is 162 Å². The number of benzene rings is 2. The van der Waals surface area contributed by atoms with Gasteiger partial charge in [-0.2, -0.15) is 0 Å². The highest BCUT2D eigenvalue weighted by Gasteiger charge is 2.35. The molecule has 3 aromatic rings. The summed E-state index contributed by atoms with van der Waals surface area (Å²) in [4.78, 5) is 4.66. The minimum absolute atomic E-state index is 0.378. The Morgan fingerprint density at radius 3 is 1.96 bits per heavy atom. The van der Waals surface area contributed by atoms with Crippen molar-refractivity contribution in [2.24, 2.45) is 0 Å². The Hall–Kier alpha value is -2.43. The SMILES string of the molecule is CC(C)(O)C(C)(C)OBc1cnc(-c2ccccc2)cc1-c1ccccc1. The molecule has 3 rings (SSSR count). The van der Waals surface area contributed by atoms with Gasteiger partial charge in [0.15, 0.2) is 0 Å². The summed E-state index contributed by atoms with van der Waals surface area (Å²) in [5, 5.41) is 10.4. The zero-order chi connectivity index (χ0) is 19.5. The largest absolute Gasteiger partial charge is 0.427 e. The number of nitrogens with zero attached hydrogens (tertiary/aromatic N) is 1. The third-order valence-corrected chi connectivity index (χ3v) is 5.20. The summed E-state index contributed by atoms with van der Waals surface area (Å²) in [6.45, 7) is 7.34. The molecule has 2 aromatic carbocycles. The van der Waals surface area contributed by atoms with Crippen molar-refractivity contribution in [3.8, 4) is 22.4 Å². The van der Waals surface area contributed by atoms with E-state index in [1.807, 2.05) is 56.4 Å². The van der Waals surface area contributed by atoms with E-state index in [4.69, 9.17) is 4.65 Å². The second kappa shape index (κ2) is 7.67. The maximum atomic E-state index is 10.4. The molecule has 0 fully saturated rings. The molecule has 138 valence electrons. The van der Waals surface area contributed by atoms with Crippen LogP contribution in [0.15, 0.2) is 72.9 Å². The van der Waals surface area contributed by atoms with Gasteiger partial charge in [0.2, 0.25) is 0 Å². The lowest BCUT2D eigenvalue weighted by Crippen LogP contribution is -2.49. The highest BCUT2D eigenvalue weighted by atomic mass is 16.5. The molecule has 0 spiro atoms. The monoisotopic (exact) mass is 359 g/mol. The fourth-order valence-corrected chi connectivity index (χ4v) is 2.69. The Morgan fingerprint density at radius 1 is 0.852 bits per heavy atom. The minimum atomic E-state index is -0.947. The van der Waals surface area contributed by atoms with Crippen molar-refractivity contribution in [3.63, 3.8) is 0 Å². The number of aromatic nitrogens is 1. The molecule has 0 amide bonds. The predicted molar refractivity (Wildman–Crippen MR) is 113 cm³/mol. The maximum absolute atomic E-state index is 10.4. The lowest BCUT2D eigenvalue weighted by atomic mass is 9.79. The van der Waals surface area contributed by atoms with E-state index < -0.39 is 11.2 Å². The molecule has 0 atom stereocenters. The van der Waals surface area contributed by atoms with Crippen molar-refractivity contribution < 1.29 is 9.76 Å². The van der Waals surface area contributed by atoms with Crippen LogP contribution in [0.1, 0.15) is 27.7 Å². The van der Waals surface area contributed by atoms with Crippen molar-refractivity contribution in [1.82, 2.24) is 4.98 Å². The Kier molecular flexibility index (Phi) is 5.49. The van der Waals surface area contributed by atoms with Crippen LogP contribution < -0.4 is 5.46 Å². The first-order chi connectivity index (χ1) is 12.8. The van der Waals surface area contributed by atoms with Gasteiger partial charge in [0, 0.05) is 11.8 Å². The second-order valence-electron chi connectivity index (χ2n) is 7.82. The topological polar surface area (TPSA) is 42.4 Å². The average Bonchev–Trinajstić information content (AvgIpc) is 2.67. The fourth-order valence-electron chi connectivity index (χ4n) is 2.69. The Balaban J connectivity index is 1.98. The summed E-state index contributed by atoms with van der Waals surface area (Å²) in [5.41, 5.74) is 3.60. The molecule has 0 aliphatic rings. The molecule has 0 unspecified atom stereocenters. The Bertz CT molecular complexity index is 887. The summed E-state index contributed by atoms with van der Waals surface area (Å²) in [7, 11) is 0.378. The van der Waals surface area contributed by atoms with Gasteiger partial charge in [0.05, 0.1) is 16.9 Å². The van der Waals surface area contributed by atoms with Gasteiger partial charge >= 0.3 is 7.48 Å². The average molecular weight is 359 g/mol. The van der Waals surface area contributed by atoms with Crippen molar-refractivity contribution in [1.29, 1.82) is 0 Å². The van der Waals surface area contributed by atoms with E-state index in [0.29, 0.717) is 7.48 Å². The van der Waals surface area contributed by atoms with Gasteiger partial charge in [-0.15, -0.1) is 0 Å². The molecule has 0 saturated heterocycles. The molecule has 1 N–H and O–H groups in total. The quantitative estimate of drug-likeness (QED) is 0.678. The van der Waals surface area contributed by atoms with E-state index in [2.05, 4.69) is 35.3 Å². The summed E-state index contributed by atoms with van der Waals surface area (Å²) in [5.74, 6) is 0. The van der Waals surface area contributed by atoms with Gasteiger partial charge in [0.1, 0.15) is 0 Å². The van der Waals surface area contributed by atoms with Gasteiger partial charge in [-0.1, -0.05) is 60.7 Å².